The Balaban J connectivity index is 1.88. The van der Waals surface area contributed by atoms with E-state index in [2.05, 4.69) is 5.32 Å². The van der Waals surface area contributed by atoms with E-state index in [0.717, 1.165) is 13.5 Å². The van der Waals surface area contributed by atoms with Gasteiger partial charge in [0.1, 0.15) is 0 Å². The van der Waals surface area contributed by atoms with Crippen LogP contribution in [0.1, 0.15) is 4.88 Å². The molecule has 0 saturated carbocycles. The summed E-state index contributed by atoms with van der Waals surface area (Å²) in [6.45, 7) is -0.382. The predicted octanol–water partition coefficient (Wildman–Crippen LogP) is 2.83. The molecule has 170 valence electrons. The molecule has 0 saturated heterocycles. The molecule has 1 heterocycles. The van der Waals surface area contributed by atoms with E-state index < -0.39 is 32.5 Å². The summed E-state index contributed by atoms with van der Waals surface area (Å²) < 4.78 is 53.3. The lowest BCUT2D eigenvalue weighted by Gasteiger charge is -2.21. The molecule has 11 heteroatoms. The summed E-state index contributed by atoms with van der Waals surface area (Å²) in [5.74, 6) is -0.483. The Kier molecular flexibility index (Phi) is 7.47. The van der Waals surface area contributed by atoms with Crippen LogP contribution < -0.4 is 5.32 Å². The van der Waals surface area contributed by atoms with Crippen molar-refractivity contribution in [2.24, 2.45) is 0 Å². The molecule has 0 aliphatic heterocycles. The van der Waals surface area contributed by atoms with E-state index >= 15 is 0 Å². The molecular weight excluding hydrogens is 470 g/mol. The molecule has 0 radical (unpaired) electrons. The van der Waals surface area contributed by atoms with Crippen molar-refractivity contribution in [1.82, 2.24) is 8.61 Å². The normalized spacial score (nSPS) is 12.2. The molecule has 3 rings (SSSR count). The highest BCUT2D eigenvalue weighted by Gasteiger charge is 2.28. The van der Waals surface area contributed by atoms with Crippen LogP contribution in [0.4, 0.5) is 5.69 Å². The van der Waals surface area contributed by atoms with E-state index in [4.69, 9.17) is 0 Å². The monoisotopic (exact) mass is 493 g/mol. The van der Waals surface area contributed by atoms with Crippen LogP contribution in [0.15, 0.2) is 81.9 Å². The number of hydrogen-bond donors (Lipinski definition) is 1. The number of sulfonamides is 2. The Labute approximate surface area is 192 Å². The summed E-state index contributed by atoms with van der Waals surface area (Å²) in [6.07, 6.45) is 0. The van der Waals surface area contributed by atoms with Gasteiger partial charge >= 0.3 is 0 Å². The number of thiophene rings is 1. The molecule has 3 aromatic rings. The molecule has 0 aliphatic carbocycles. The maximum Gasteiger partial charge on any atom is 0.243 e. The standard InChI is InChI=1S/C21H23N3O5S3/c1-23(2)31(26,27)19-10-12-20(13-11-19)32(28,29)24(15-18-9-6-14-30-18)16-21(25)22-17-7-4-3-5-8-17/h3-14H,15-16H2,1-2H3,(H,22,25). The van der Waals surface area contributed by atoms with E-state index in [-0.39, 0.29) is 16.3 Å². The number of carbonyl (C=O) groups excluding carboxylic acids is 1. The van der Waals surface area contributed by atoms with E-state index in [9.17, 15) is 21.6 Å². The highest BCUT2D eigenvalue weighted by atomic mass is 32.2. The molecule has 0 bridgehead atoms. The molecule has 1 N–H and O–H groups in total. The van der Waals surface area contributed by atoms with Gasteiger partial charge in [-0.1, -0.05) is 24.3 Å². The van der Waals surface area contributed by atoms with E-state index in [1.165, 1.54) is 49.7 Å². The first kappa shape index (κ1) is 24.1. The van der Waals surface area contributed by atoms with Crippen molar-refractivity contribution in [2.45, 2.75) is 16.3 Å². The lowest BCUT2D eigenvalue weighted by molar-refractivity contribution is -0.116. The molecule has 0 atom stereocenters. The average Bonchev–Trinajstić information content (AvgIpc) is 3.27. The Morgan fingerprint density at radius 2 is 1.44 bits per heavy atom. The van der Waals surface area contributed by atoms with Gasteiger partial charge in [-0.3, -0.25) is 4.79 Å². The predicted molar refractivity (Wildman–Crippen MR) is 124 cm³/mol. The molecule has 32 heavy (non-hydrogen) atoms. The third kappa shape index (κ3) is 5.61. The van der Waals surface area contributed by atoms with Crippen LogP contribution in [-0.4, -0.2) is 52.0 Å². The number of carbonyl (C=O) groups is 1. The molecule has 1 aromatic heterocycles. The molecule has 0 spiro atoms. The fourth-order valence-corrected chi connectivity index (χ4v) is 5.91. The zero-order valence-corrected chi connectivity index (χ0v) is 20.0. The lowest BCUT2D eigenvalue weighted by Crippen LogP contribution is -2.37. The fraction of sp³-hybridized carbons (Fsp3) is 0.190. The van der Waals surface area contributed by atoms with Gasteiger partial charge in [0.25, 0.3) is 0 Å². The summed E-state index contributed by atoms with van der Waals surface area (Å²) in [4.78, 5) is 13.2. The number of benzene rings is 2. The zero-order chi connectivity index (χ0) is 23.4. The number of nitrogens with one attached hydrogen (secondary N) is 1. The minimum absolute atomic E-state index is 0.0138. The third-order valence-corrected chi connectivity index (χ3v) is 9.03. The van der Waals surface area contributed by atoms with Gasteiger partial charge in [0.2, 0.25) is 26.0 Å². The maximum atomic E-state index is 13.3. The van der Waals surface area contributed by atoms with Crippen LogP contribution >= 0.6 is 11.3 Å². The number of hydrogen-bond acceptors (Lipinski definition) is 6. The van der Waals surface area contributed by atoms with Gasteiger partial charge in [-0.15, -0.1) is 11.3 Å². The molecule has 0 aliphatic rings. The van der Waals surface area contributed by atoms with Gasteiger partial charge in [-0.05, 0) is 47.8 Å². The quantitative estimate of drug-likeness (QED) is 0.494. The Hall–Kier alpha value is -2.57. The van der Waals surface area contributed by atoms with Crippen molar-refractivity contribution >= 4 is 43.0 Å². The Morgan fingerprint density at radius 3 is 1.97 bits per heavy atom. The summed E-state index contributed by atoms with van der Waals surface area (Å²) in [7, 11) is -4.97. The maximum absolute atomic E-state index is 13.3. The molecule has 0 fully saturated rings. The minimum atomic E-state index is -4.08. The van der Waals surface area contributed by atoms with Crippen molar-refractivity contribution < 1.29 is 21.6 Å². The highest BCUT2D eigenvalue weighted by Crippen LogP contribution is 2.23. The van der Waals surface area contributed by atoms with Crippen LogP contribution in [0, 0.1) is 0 Å². The van der Waals surface area contributed by atoms with Crippen molar-refractivity contribution in [3.63, 3.8) is 0 Å². The first-order chi connectivity index (χ1) is 15.1. The highest BCUT2D eigenvalue weighted by molar-refractivity contribution is 7.89. The van der Waals surface area contributed by atoms with Crippen LogP contribution in [0.3, 0.4) is 0 Å². The molecular formula is C21H23N3O5S3. The number of amides is 1. The number of anilines is 1. The number of rotatable bonds is 9. The first-order valence-electron chi connectivity index (χ1n) is 9.51. The third-order valence-electron chi connectivity index (χ3n) is 4.53. The second kappa shape index (κ2) is 9.92. The molecule has 2 aromatic carbocycles. The van der Waals surface area contributed by atoms with E-state index in [1.54, 1.807) is 36.4 Å². The van der Waals surface area contributed by atoms with Crippen LogP contribution in [0.2, 0.25) is 0 Å². The SMILES string of the molecule is CN(C)S(=O)(=O)c1ccc(S(=O)(=O)N(CC(=O)Nc2ccccc2)Cc2cccs2)cc1. The van der Waals surface area contributed by atoms with Gasteiger partial charge in [0, 0.05) is 31.2 Å². The Morgan fingerprint density at radius 1 is 0.844 bits per heavy atom. The van der Waals surface area contributed by atoms with Crippen LogP contribution in [0.25, 0.3) is 0 Å². The van der Waals surface area contributed by atoms with E-state index in [0.29, 0.717) is 5.69 Å². The topological polar surface area (TPSA) is 104 Å². The summed E-state index contributed by atoms with van der Waals surface area (Å²) in [5, 5.41) is 4.52. The van der Waals surface area contributed by atoms with Gasteiger partial charge in [0.15, 0.2) is 0 Å². The smallest absolute Gasteiger partial charge is 0.243 e. The molecule has 0 unspecified atom stereocenters. The second-order valence-electron chi connectivity index (χ2n) is 7.03. The summed E-state index contributed by atoms with van der Waals surface area (Å²) in [5.41, 5.74) is 0.559. The van der Waals surface area contributed by atoms with Crippen molar-refractivity contribution in [1.29, 1.82) is 0 Å². The Bertz CT molecular complexity index is 1260. The lowest BCUT2D eigenvalue weighted by atomic mass is 10.3. The van der Waals surface area contributed by atoms with Gasteiger partial charge in [-0.25, -0.2) is 21.1 Å². The van der Waals surface area contributed by atoms with Crippen molar-refractivity contribution in [3.8, 4) is 0 Å². The van der Waals surface area contributed by atoms with Gasteiger partial charge in [0.05, 0.1) is 16.3 Å². The minimum Gasteiger partial charge on any atom is -0.325 e. The van der Waals surface area contributed by atoms with Crippen LogP contribution in [0.5, 0.6) is 0 Å². The molecule has 8 nitrogen and oxygen atoms in total. The van der Waals surface area contributed by atoms with Gasteiger partial charge in [-0.2, -0.15) is 4.31 Å². The number of para-hydroxylation sites is 1. The summed E-state index contributed by atoms with van der Waals surface area (Å²) in [6, 6.07) is 17.3. The van der Waals surface area contributed by atoms with Crippen LogP contribution in [-0.2, 0) is 31.4 Å². The van der Waals surface area contributed by atoms with Crippen molar-refractivity contribution in [2.75, 3.05) is 26.0 Å². The van der Waals surface area contributed by atoms with Crippen molar-refractivity contribution in [3.05, 3.63) is 77.0 Å². The largest absolute Gasteiger partial charge is 0.325 e. The molecule has 1 amide bonds. The van der Waals surface area contributed by atoms with Gasteiger partial charge < -0.3 is 5.32 Å². The average molecular weight is 494 g/mol. The second-order valence-corrected chi connectivity index (χ2v) is 12.1. The fourth-order valence-electron chi connectivity index (χ4n) is 2.83. The summed E-state index contributed by atoms with van der Waals surface area (Å²) >= 11 is 1.38. The number of nitrogens with zero attached hydrogens (tertiary/aromatic N) is 2. The van der Waals surface area contributed by atoms with E-state index in [1.807, 2.05) is 11.4 Å². The zero-order valence-electron chi connectivity index (χ0n) is 17.5. The first-order valence-corrected chi connectivity index (χ1v) is 13.3.